The molecular formula is C10H13ClO. The highest BCUT2D eigenvalue weighted by Crippen LogP contribution is 2.00. The standard InChI is InChI=1S/C8H7ClO.C2H6/c9-6-8(10)7-4-2-1-3-5-7;1-2/h1-5H,6H2;1-2H3. The van der Waals surface area contributed by atoms with Crippen LogP contribution in [-0.4, -0.2) is 11.7 Å². The van der Waals surface area contributed by atoms with Crippen molar-refractivity contribution in [2.45, 2.75) is 13.8 Å². The summed E-state index contributed by atoms with van der Waals surface area (Å²) in [5.74, 6) is 0.0339. The van der Waals surface area contributed by atoms with Gasteiger partial charge in [0.2, 0.25) is 0 Å². The summed E-state index contributed by atoms with van der Waals surface area (Å²) in [5, 5.41) is 0. The molecule has 0 aliphatic heterocycles. The van der Waals surface area contributed by atoms with Gasteiger partial charge in [-0.15, -0.1) is 11.6 Å². The molecule has 0 aliphatic carbocycles. The lowest BCUT2D eigenvalue weighted by Gasteiger charge is -1.92. The van der Waals surface area contributed by atoms with Crippen molar-refractivity contribution < 1.29 is 4.79 Å². The smallest absolute Gasteiger partial charge is 0.177 e. The molecule has 1 rings (SSSR count). The van der Waals surface area contributed by atoms with Gasteiger partial charge in [0.25, 0.3) is 0 Å². The Hall–Kier alpha value is -0.820. The summed E-state index contributed by atoms with van der Waals surface area (Å²) in [4.78, 5) is 10.9. The molecule has 12 heavy (non-hydrogen) atoms. The first-order valence-electron chi connectivity index (χ1n) is 3.99. The molecule has 0 saturated heterocycles. The van der Waals surface area contributed by atoms with Gasteiger partial charge in [-0.25, -0.2) is 0 Å². The second-order valence-electron chi connectivity index (χ2n) is 1.92. The highest BCUT2D eigenvalue weighted by molar-refractivity contribution is 6.30. The van der Waals surface area contributed by atoms with Crippen LogP contribution in [0.3, 0.4) is 0 Å². The van der Waals surface area contributed by atoms with Crippen molar-refractivity contribution in [3.63, 3.8) is 0 Å². The number of Topliss-reactive ketones (excluding diaryl/α,β-unsaturated/α-hetero) is 1. The second kappa shape index (κ2) is 6.86. The average molecular weight is 185 g/mol. The van der Waals surface area contributed by atoms with E-state index < -0.39 is 0 Å². The molecule has 0 unspecified atom stereocenters. The predicted octanol–water partition coefficient (Wildman–Crippen LogP) is 3.13. The van der Waals surface area contributed by atoms with Gasteiger partial charge in [-0.05, 0) is 0 Å². The van der Waals surface area contributed by atoms with Gasteiger partial charge in [-0.3, -0.25) is 4.79 Å². The maximum Gasteiger partial charge on any atom is 0.177 e. The van der Waals surface area contributed by atoms with Crippen LogP contribution in [0.4, 0.5) is 0 Å². The molecule has 0 atom stereocenters. The van der Waals surface area contributed by atoms with Gasteiger partial charge < -0.3 is 0 Å². The van der Waals surface area contributed by atoms with E-state index in [9.17, 15) is 4.79 Å². The van der Waals surface area contributed by atoms with E-state index in [1.807, 2.05) is 32.0 Å². The van der Waals surface area contributed by atoms with Gasteiger partial charge in [0.15, 0.2) is 5.78 Å². The summed E-state index contributed by atoms with van der Waals surface area (Å²) in [6.45, 7) is 4.00. The monoisotopic (exact) mass is 184 g/mol. The number of carbonyl (C=O) groups excluding carboxylic acids is 1. The molecule has 2 heteroatoms. The summed E-state index contributed by atoms with van der Waals surface area (Å²) in [7, 11) is 0. The lowest BCUT2D eigenvalue weighted by atomic mass is 10.2. The number of carbonyl (C=O) groups is 1. The first kappa shape index (κ1) is 11.2. The molecule has 0 saturated carbocycles. The maximum atomic E-state index is 10.9. The van der Waals surface area contributed by atoms with Crippen LogP contribution in [0.2, 0.25) is 0 Å². The van der Waals surface area contributed by atoms with Crippen LogP contribution in [0.5, 0.6) is 0 Å². The first-order chi connectivity index (χ1) is 5.84. The maximum absolute atomic E-state index is 10.9. The number of hydrogen-bond acceptors (Lipinski definition) is 1. The SMILES string of the molecule is CC.O=C(CCl)c1ccccc1. The van der Waals surface area contributed by atoms with Crippen molar-refractivity contribution in [3.8, 4) is 0 Å². The van der Waals surface area contributed by atoms with Crippen LogP contribution >= 0.6 is 11.6 Å². The van der Waals surface area contributed by atoms with Crippen molar-refractivity contribution in [1.82, 2.24) is 0 Å². The van der Waals surface area contributed by atoms with Gasteiger partial charge in [0.05, 0.1) is 5.88 Å². The summed E-state index contributed by atoms with van der Waals surface area (Å²) in [6, 6.07) is 9.01. The normalized spacial score (nSPS) is 8.25. The molecule has 66 valence electrons. The lowest BCUT2D eigenvalue weighted by Crippen LogP contribution is -1.98. The van der Waals surface area contributed by atoms with Gasteiger partial charge in [-0.2, -0.15) is 0 Å². The van der Waals surface area contributed by atoms with Gasteiger partial charge in [0.1, 0.15) is 0 Å². The fraction of sp³-hybridized carbons (Fsp3) is 0.300. The van der Waals surface area contributed by atoms with Crippen molar-refractivity contribution in [3.05, 3.63) is 35.9 Å². The minimum Gasteiger partial charge on any atom is -0.293 e. The predicted molar refractivity (Wildman–Crippen MR) is 52.8 cm³/mol. The molecule has 0 bridgehead atoms. The number of benzene rings is 1. The molecule has 0 heterocycles. The summed E-state index contributed by atoms with van der Waals surface area (Å²) in [6.07, 6.45) is 0. The molecule has 1 aromatic carbocycles. The molecule has 0 amide bonds. The number of hydrogen-bond donors (Lipinski definition) is 0. The fourth-order valence-corrected chi connectivity index (χ4v) is 0.856. The highest BCUT2D eigenvalue weighted by Gasteiger charge is 1.99. The lowest BCUT2D eigenvalue weighted by molar-refractivity contribution is 0.102. The van der Waals surface area contributed by atoms with E-state index >= 15 is 0 Å². The third-order valence-corrected chi connectivity index (χ3v) is 1.46. The van der Waals surface area contributed by atoms with Gasteiger partial charge >= 0.3 is 0 Å². The Morgan fingerprint density at radius 1 is 1.25 bits per heavy atom. The van der Waals surface area contributed by atoms with Crippen LogP contribution < -0.4 is 0 Å². The molecule has 0 spiro atoms. The zero-order chi connectivity index (χ0) is 9.40. The Morgan fingerprint density at radius 2 is 1.75 bits per heavy atom. The third kappa shape index (κ3) is 3.54. The molecule has 1 nitrogen and oxygen atoms in total. The van der Waals surface area contributed by atoms with Crippen LogP contribution in [-0.2, 0) is 0 Å². The highest BCUT2D eigenvalue weighted by atomic mass is 35.5. The first-order valence-corrected chi connectivity index (χ1v) is 4.52. The second-order valence-corrected chi connectivity index (χ2v) is 2.19. The van der Waals surface area contributed by atoms with Crippen molar-refractivity contribution in [1.29, 1.82) is 0 Å². The van der Waals surface area contributed by atoms with E-state index in [1.165, 1.54) is 0 Å². The van der Waals surface area contributed by atoms with E-state index in [1.54, 1.807) is 12.1 Å². The molecule has 1 aromatic rings. The summed E-state index contributed by atoms with van der Waals surface area (Å²) < 4.78 is 0. The molecule has 0 N–H and O–H groups in total. The molecule has 0 radical (unpaired) electrons. The quantitative estimate of drug-likeness (QED) is 0.510. The largest absolute Gasteiger partial charge is 0.293 e. The zero-order valence-corrected chi connectivity index (χ0v) is 8.14. The summed E-state index contributed by atoms with van der Waals surface area (Å²) >= 11 is 5.34. The molecule has 0 aliphatic rings. The number of halogens is 1. The molecule has 0 aromatic heterocycles. The fourth-order valence-electron chi connectivity index (χ4n) is 0.701. The Bertz CT molecular complexity index is 219. The van der Waals surface area contributed by atoms with Gasteiger partial charge in [-0.1, -0.05) is 44.2 Å². The van der Waals surface area contributed by atoms with Crippen molar-refractivity contribution in [2.24, 2.45) is 0 Å². The van der Waals surface area contributed by atoms with Crippen LogP contribution in [0.15, 0.2) is 30.3 Å². The number of alkyl halides is 1. The zero-order valence-electron chi connectivity index (χ0n) is 7.38. The van der Waals surface area contributed by atoms with Gasteiger partial charge in [0, 0.05) is 5.56 Å². The minimum absolute atomic E-state index is 0.0257. The molecule has 0 fully saturated rings. The Kier molecular flexibility index (Phi) is 6.39. The topological polar surface area (TPSA) is 17.1 Å². The number of ketones is 1. The van der Waals surface area contributed by atoms with Crippen molar-refractivity contribution in [2.75, 3.05) is 5.88 Å². The average Bonchev–Trinajstić information content (AvgIpc) is 2.21. The van der Waals surface area contributed by atoms with E-state index in [2.05, 4.69) is 0 Å². The molecular weight excluding hydrogens is 172 g/mol. The van der Waals surface area contributed by atoms with Crippen LogP contribution in [0, 0.1) is 0 Å². The van der Waals surface area contributed by atoms with Crippen LogP contribution in [0.25, 0.3) is 0 Å². The van der Waals surface area contributed by atoms with Crippen molar-refractivity contribution >= 4 is 17.4 Å². The Balaban J connectivity index is 0.000000561. The van der Waals surface area contributed by atoms with Crippen LogP contribution in [0.1, 0.15) is 24.2 Å². The number of rotatable bonds is 2. The van der Waals surface area contributed by atoms with E-state index in [4.69, 9.17) is 11.6 Å². The Labute approximate surface area is 78.4 Å². The third-order valence-electron chi connectivity index (χ3n) is 1.22. The minimum atomic E-state index is -0.0257. The van der Waals surface area contributed by atoms with E-state index in [0.717, 1.165) is 0 Å². The van der Waals surface area contributed by atoms with E-state index in [-0.39, 0.29) is 11.7 Å². The Morgan fingerprint density at radius 3 is 2.17 bits per heavy atom. The van der Waals surface area contributed by atoms with E-state index in [0.29, 0.717) is 5.56 Å². The summed E-state index contributed by atoms with van der Waals surface area (Å²) in [5.41, 5.74) is 0.678.